The molecule has 24 heavy (non-hydrogen) atoms. The first-order valence-electron chi connectivity index (χ1n) is 8.29. The Morgan fingerprint density at radius 2 is 2.33 bits per heavy atom. The van der Waals surface area contributed by atoms with Gasteiger partial charge in [-0.2, -0.15) is 11.3 Å². The van der Waals surface area contributed by atoms with Crippen molar-refractivity contribution in [3.63, 3.8) is 0 Å². The number of likely N-dealkylation sites (tertiary alicyclic amines) is 1. The second kappa shape index (κ2) is 12.1. The van der Waals surface area contributed by atoms with Crippen LogP contribution in [0.5, 0.6) is 0 Å². The molecule has 2 unspecified atom stereocenters. The predicted octanol–water partition coefficient (Wildman–Crippen LogP) is 3.03. The summed E-state index contributed by atoms with van der Waals surface area (Å²) < 4.78 is 10.7. The SMILES string of the molecule is CN=C(NCC(C)c1ccsc1)N1CCC(COCCOC)C1.I. The molecule has 138 valence electrons. The Morgan fingerprint density at radius 3 is 3.00 bits per heavy atom. The van der Waals surface area contributed by atoms with Crippen LogP contribution in [-0.2, 0) is 9.47 Å². The van der Waals surface area contributed by atoms with Gasteiger partial charge in [-0.3, -0.25) is 4.99 Å². The summed E-state index contributed by atoms with van der Waals surface area (Å²) in [5.74, 6) is 2.08. The fourth-order valence-corrected chi connectivity index (χ4v) is 3.59. The van der Waals surface area contributed by atoms with Gasteiger partial charge in [-0.15, -0.1) is 24.0 Å². The van der Waals surface area contributed by atoms with Gasteiger partial charge < -0.3 is 19.7 Å². The van der Waals surface area contributed by atoms with E-state index in [0.717, 1.165) is 38.6 Å². The van der Waals surface area contributed by atoms with Crippen LogP contribution in [0, 0.1) is 5.92 Å². The van der Waals surface area contributed by atoms with E-state index in [-0.39, 0.29) is 24.0 Å². The monoisotopic (exact) mass is 467 g/mol. The molecule has 0 bridgehead atoms. The third kappa shape index (κ3) is 6.85. The van der Waals surface area contributed by atoms with E-state index in [0.29, 0.717) is 25.0 Å². The van der Waals surface area contributed by atoms with Crippen LogP contribution in [0.25, 0.3) is 0 Å². The maximum atomic E-state index is 5.66. The fraction of sp³-hybridized carbons (Fsp3) is 0.706. The van der Waals surface area contributed by atoms with Gasteiger partial charge in [0, 0.05) is 39.7 Å². The minimum Gasteiger partial charge on any atom is -0.382 e. The average molecular weight is 467 g/mol. The van der Waals surface area contributed by atoms with E-state index in [1.807, 2.05) is 7.05 Å². The van der Waals surface area contributed by atoms with Crippen molar-refractivity contribution in [3.05, 3.63) is 22.4 Å². The van der Waals surface area contributed by atoms with Crippen LogP contribution < -0.4 is 5.32 Å². The quantitative estimate of drug-likeness (QED) is 0.276. The Labute approximate surface area is 166 Å². The first kappa shape index (κ1) is 21.7. The summed E-state index contributed by atoms with van der Waals surface area (Å²) in [6, 6.07) is 2.20. The van der Waals surface area contributed by atoms with Gasteiger partial charge >= 0.3 is 0 Å². The van der Waals surface area contributed by atoms with Crippen LogP contribution in [0.4, 0.5) is 0 Å². The minimum atomic E-state index is 0. The van der Waals surface area contributed by atoms with E-state index in [9.17, 15) is 0 Å². The summed E-state index contributed by atoms with van der Waals surface area (Å²) in [6.45, 7) is 7.37. The number of hydrogen-bond donors (Lipinski definition) is 1. The number of halogens is 1. The van der Waals surface area contributed by atoms with Crippen LogP contribution in [-0.4, -0.2) is 64.5 Å². The highest BCUT2D eigenvalue weighted by molar-refractivity contribution is 14.0. The first-order chi connectivity index (χ1) is 11.2. The van der Waals surface area contributed by atoms with E-state index >= 15 is 0 Å². The predicted molar refractivity (Wildman–Crippen MR) is 112 cm³/mol. The van der Waals surface area contributed by atoms with Gasteiger partial charge in [0.2, 0.25) is 0 Å². The molecular weight excluding hydrogens is 437 g/mol. The Bertz CT molecular complexity index is 470. The molecular formula is C17H30IN3O2S. The maximum Gasteiger partial charge on any atom is 0.193 e. The lowest BCUT2D eigenvalue weighted by Crippen LogP contribution is -2.41. The molecule has 7 heteroatoms. The highest BCUT2D eigenvalue weighted by atomic mass is 127. The summed E-state index contributed by atoms with van der Waals surface area (Å²) >= 11 is 1.75. The van der Waals surface area contributed by atoms with Crippen molar-refractivity contribution in [3.8, 4) is 0 Å². The third-order valence-electron chi connectivity index (χ3n) is 4.26. The molecule has 2 heterocycles. The summed E-state index contributed by atoms with van der Waals surface area (Å²) in [5.41, 5.74) is 1.39. The molecule has 0 aromatic carbocycles. The molecule has 1 aliphatic rings. The van der Waals surface area contributed by atoms with Crippen LogP contribution in [0.15, 0.2) is 21.8 Å². The molecule has 1 saturated heterocycles. The van der Waals surface area contributed by atoms with Gasteiger partial charge in [-0.1, -0.05) is 6.92 Å². The molecule has 0 amide bonds. The Morgan fingerprint density at radius 1 is 1.50 bits per heavy atom. The molecule has 1 fully saturated rings. The first-order valence-corrected chi connectivity index (χ1v) is 9.23. The van der Waals surface area contributed by atoms with Crippen molar-refractivity contribution in [1.82, 2.24) is 10.2 Å². The standard InChI is InChI=1S/C17H29N3O2S.HI/c1-14(16-5-9-23-13-16)10-19-17(18-2)20-6-4-15(11-20)12-22-8-7-21-3;/h5,9,13-15H,4,6-8,10-12H2,1-3H3,(H,18,19);1H. The van der Waals surface area contributed by atoms with E-state index in [1.165, 1.54) is 5.56 Å². The highest BCUT2D eigenvalue weighted by Gasteiger charge is 2.25. The Hall–Kier alpha value is -0.380. The fourth-order valence-electron chi connectivity index (χ4n) is 2.80. The van der Waals surface area contributed by atoms with Crippen LogP contribution in [0.3, 0.4) is 0 Å². The lowest BCUT2D eigenvalue weighted by atomic mass is 10.1. The number of thiophene rings is 1. The second-order valence-electron chi connectivity index (χ2n) is 6.05. The summed E-state index contributed by atoms with van der Waals surface area (Å²) in [7, 11) is 3.56. The lowest BCUT2D eigenvalue weighted by Gasteiger charge is -2.23. The molecule has 2 atom stereocenters. The van der Waals surface area contributed by atoms with Crippen molar-refractivity contribution in [2.45, 2.75) is 19.3 Å². The number of guanidine groups is 1. The van der Waals surface area contributed by atoms with E-state index in [1.54, 1.807) is 18.4 Å². The third-order valence-corrected chi connectivity index (χ3v) is 4.96. The molecule has 0 saturated carbocycles. The molecule has 5 nitrogen and oxygen atoms in total. The van der Waals surface area contributed by atoms with Crippen molar-refractivity contribution in [2.75, 3.05) is 53.6 Å². The van der Waals surface area contributed by atoms with Crippen molar-refractivity contribution in [2.24, 2.45) is 10.9 Å². The smallest absolute Gasteiger partial charge is 0.193 e. The van der Waals surface area contributed by atoms with Crippen molar-refractivity contribution in [1.29, 1.82) is 0 Å². The number of methoxy groups -OCH3 is 1. The zero-order chi connectivity index (χ0) is 16.5. The largest absolute Gasteiger partial charge is 0.382 e. The number of ether oxygens (including phenoxy) is 2. The second-order valence-corrected chi connectivity index (χ2v) is 6.83. The highest BCUT2D eigenvalue weighted by Crippen LogP contribution is 2.19. The van der Waals surface area contributed by atoms with Gasteiger partial charge in [0.05, 0.1) is 19.8 Å². The molecule has 1 aromatic rings. The molecule has 0 radical (unpaired) electrons. The molecule has 1 aromatic heterocycles. The Balaban J connectivity index is 0.00000288. The molecule has 1 aliphatic heterocycles. The van der Waals surface area contributed by atoms with Gasteiger partial charge in [0.1, 0.15) is 0 Å². The van der Waals surface area contributed by atoms with E-state index < -0.39 is 0 Å². The number of nitrogens with one attached hydrogen (secondary N) is 1. The summed E-state index contributed by atoms with van der Waals surface area (Å²) in [5, 5.41) is 7.87. The number of aliphatic imine (C=N–C) groups is 1. The summed E-state index contributed by atoms with van der Waals surface area (Å²) in [4.78, 5) is 6.78. The topological polar surface area (TPSA) is 46.1 Å². The van der Waals surface area contributed by atoms with Crippen LogP contribution in [0.2, 0.25) is 0 Å². The van der Waals surface area contributed by atoms with Crippen molar-refractivity contribution < 1.29 is 9.47 Å². The molecule has 1 N–H and O–H groups in total. The number of nitrogens with zero attached hydrogens (tertiary/aromatic N) is 2. The zero-order valence-corrected chi connectivity index (χ0v) is 18.0. The Kier molecular flexibility index (Phi) is 10.9. The van der Waals surface area contributed by atoms with Gasteiger partial charge in [0.15, 0.2) is 5.96 Å². The average Bonchev–Trinajstić information content (AvgIpc) is 3.24. The van der Waals surface area contributed by atoms with Crippen LogP contribution >= 0.6 is 35.3 Å². The minimum absolute atomic E-state index is 0. The van der Waals surface area contributed by atoms with Crippen molar-refractivity contribution >= 4 is 41.3 Å². The van der Waals surface area contributed by atoms with Crippen LogP contribution in [0.1, 0.15) is 24.8 Å². The number of hydrogen-bond acceptors (Lipinski definition) is 4. The van der Waals surface area contributed by atoms with Gasteiger partial charge in [0.25, 0.3) is 0 Å². The normalized spacial score (nSPS) is 19.2. The van der Waals surface area contributed by atoms with Gasteiger partial charge in [-0.05, 0) is 34.7 Å². The van der Waals surface area contributed by atoms with Gasteiger partial charge in [-0.25, -0.2) is 0 Å². The zero-order valence-electron chi connectivity index (χ0n) is 14.9. The van der Waals surface area contributed by atoms with E-state index in [4.69, 9.17) is 9.47 Å². The molecule has 2 rings (SSSR count). The molecule has 0 spiro atoms. The number of rotatable bonds is 8. The maximum absolute atomic E-state index is 5.66. The summed E-state index contributed by atoms with van der Waals surface area (Å²) in [6.07, 6.45) is 1.16. The lowest BCUT2D eigenvalue weighted by molar-refractivity contribution is 0.0536. The van der Waals surface area contributed by atoms with E-state index in [2.05, 4.69) is 39.0 Å². The molecule has 0 aliphatic carbocycles.